The number of nitrogens with zero attached hydrogens (tertiary/aromatic N) is 1. The first kappa shape index (κ1) is 32.5. The van der Waals surface area contributed by atoms with Crippen molar-refractivity contribution in [3.63, 3.8) is 0 Å². The van der Waals surface area contributed by atoms with Crippen LogP contribution in [-0.2, 0) is 5.41 Å². The first-order valence-corrected chi connectivity index (χ1v) is 23.7. The van der Waals surface area contributed by atoms with Gasteiger partial charge in [-0.15, -0.1) is 0 Å². The maximum atomic E-state index is 2.60. The van der Waals surface area contributed by atoms with Crippen LogP contribution in [0.15, 0.2) is 176 Å². The number of benzene rings is 8. The topological polar surface area (TPSA) is 3.24 Å². The zero-order valence-electron chi connectivity index (χ0n) is 31.7. The van der Waals surface area contributed by atoms with Gasteiger partial charge in [0.2, 0.25) is 0 Å². The fraction of sp³-hybridized carbons (Fsp3) is 0.0943. The van der Waals surface area contributed by atoms with Crippen molar-refractivity contribution in [2.45, 2.75) is 33.1 Å². The van der Waals surface area contributed by atoms with E-state index in [-0.39, 0.29) is 5.41 Å². The van der Waals surface area contributed by atoms with Crippen LogP contribution in [0.2, 0.25) is 0 Å². The number of hydrogen-bond acceptors (Lipinski definition) is 1. The molecule has 0 atom stereocenters. The van der Waals surface area contributed by atoms with Gasteiger partial charge in [0.25, 0.3) is 0 Å². The van der Waals surface area contributed by atoms with E-state index in [9.17, 15) is 0 Å². The molecule has 2 heterocycles. The molecule has 262 valence electrons. The van der Waals surface area contributed by atoms with Crippen molar-refractivity contribution >= 4 is 47.9 Å². The SMILES string of the molecule is Cc1ccc2[c](c1)[Ge]1([c]3ccccc3-c3ccc(N(c4ccc5c(c4)C(C)(C)c4ccccc4-5)c4ccccc4-c4ccccc4)c[c]31)[c]1cc(C)ccc1-2. The van der Waals surface area contributed by atoms with E-state index < -0.39 is 13.3 Å². The number of aryl methyl sites for hydroxylation is 2. The molecule has 0 amide bonds. The normalized spacial score (nSPS) is 14.5. The van der Waals surface area contributed by atoms with E-state index in [1.807, 2.05) is 0 Å². The Kier molecular flexibility index (Phi) is 6.98. The third kappa shape index (κ3) is 4.48. The fourth-order valence-corrected chi connectivity index (χ4v) is 22.6. The Bertz CT molecular complexity index is 2830. The average molecular weight is 765 g/mol. The molecule has 0 N–H and O–H groups in total. The molecule has 0 fully saturated rings. The first-order valence-electron chi connectivity index (χ1n) is 19.5. The summed E-state index contributed by atoms with van der Waals surface area (Å²) >= 11 is -3.47. The maximum absolute atomic E-state index is 3.47. The Hall–Kier alpha value is -5.90. The second-order valence-corrected chi connectivity index (χ2v) is 23.9. The van der Waals surface area contributed by atoms with Crippen molar-refractivity contribution in [2.75, 3.05) is 4.90 Å². The Labute approximate surface area is 327 Å². The molecule has 11 rings (SSSR count). The van der Waals surface area contributed by atoms with Gasteiger partial charge < -0.3 is 0 Å². The van der Waals surface area contributed by atoms with Gasteiger partial charge in [0.1, 0.15) is 0 Å². The van der Waals surface area contributed by atoms with Crippen LogP contribution in [0.4, 0.5) is 17.1 Å². The summed E-state index contributed by atoms with van der Waals surface area (Å²) in [6.07, 6.45) is 0. The number of anilines is 3. The minimum absolute atomic E-state index is 0.113. The quantitative estimate of drug-likeness (QED) is 0.161. The molecule has 0 saturated carbocycles. The van der Waals surface area contributed by atoms with Gasteiger partial charge in [-0.2, -0.15) is 0 Å². The fourth-order valence-electron chi connectivity index (χ4n) is 10.3. The summed E-state index contributed by atoms with van der Waals surface area (Å²) in [5.41, 5.74) is 19.6. The molecule has 8 aromatic carbocycles. The predicted molar refractivity (Wildman–Crippen MR) is 235 cm³/mol. The first-order chi connectivity index (χ1) is 26.9. The van der Waals surface area contributed by atoms with Crippen LogP contribution in [0.1, 0.15) is 36.1 Å². The van der Waals surface area contributed by atoms with Crippen LogP contribution in [0.5, 0.6) is 0 Å². The number of hydrogen-bond donors (Lipinski definition) is 0. The summed E-state index contributed by atoms with van der Waals surface area (Å²) in [4.78, 5) is 2.55. The van der Waals surface area contributed by atoms with E-state index in [1.165, 1.54) is 88.2 Å². The van der Waals surface area contributed by atoms with Crippen LogP contribution in [0.25, 0.3) is 44.5 Å². The molecule has 1 aliphatic carbocycles. The Morgan fingerprint density at radius 3 is 1.58 bits per heavy atom. The molecular weight excluding hydrogens is 723 g/mol. The van der Waals surface area contributed by atoms with Gasteiger partial charge in [-0.1, -0.05) is 0 Å². The molecule has 0 saturated heterocycles. The standard InChI is InChI=1S/C53H41GeN/c1-34-22-26-43-44-27-23-35(2)31-50(44)54(49(43)30-34)48-20-12-9-18-42(48)45-29-25-38(33-51(45)54)55(52-21-13-10-16-39(52)36-14-6-5-7-15-36)37-24-28-41-40-17-8-11-19-46(40)53(3,4)47(41)32-37/h5-33H,1-4H3. The van der Waals surface area contributed by atoms with Crippen LogP contribution < -0.4 is 22.5 Å². The zero-order chi connectivity index (χ0) is 37.1. The van der Waals surface area contributed by atoms with Gasteiger partial charge in [-0.25, -0.2) is 0 Å². The molecule has 2 heteroatoms. The summed E-state index contributed by atoms with van der Waals surface area (Å²) in [6.45, 7) is 9.29. The van der Waals surface area contributed by atoms with E-state index >= 15 is 0 Å². The van der Waals surface area contributed by atoms with E-state index in [1.54, 1.807) is 13.2 Å². The van der Waals surface area contributed by atoms with E-state index in [2.05, 4.69) is 209 Å². The van der Waals surface area contributed by atoms with Gasteiger partial charge in [0, 0.05) is 0 Å². The van der Waals surface area contributed by atoms with E-state index in [0.717, 1.165) is 0 Å². The van der Waals surface area contributed by atoms with Crippen molar-refractivity contribution < 1.29 is 0 Å². The molecule has 1 nitrogen and oxygen atoms in total. The van der Waals surface area contributed by atoms with Crippen LogP contribution in [0.3, 0.4) is 0 Å². The summed E-state index contributed by atoms with van der Waals surface area (Å²) in [7, 11) is 0. The summed E-state index contributed by atoms with van der Waals surface area (Å²) in [5.74, 6) is 0. The van der Waals surface area contributed by atoms with Gasteiger partial charge in [-0.05, 0) is 0 Å². The van der Waals surface area contributed by atoms with Gasteiger partial charge in [-0.3, -0.25) is 0 Å². The Balaban J connectivity index is 1.21. The van der Waals surface area contributed by atoms with Gasteiger partial charge in [0.05, 0.1) is 0 Å². The molecule has 0 bridgehead atoms. The van der Waals surface area contributed by atoms with Crippen molar-refractivity contribution in [3.05, 3.63) is 198 Å². The molecule has 0 aromatic heterocycles. The van der Waals surface area contributed by atoms with Crippen molar-refractivity contribution in [3.8, 4) is 44.5 Å². The monoisotopic (exact) mass is 765 g/mol. The van der Waals surface area contributed by atoms with E-state index in [0.29, 0.717) is 0 Å². The molecule has 0 radical (unpaired) electrons. The molecule has 3 aliphatic rings. The number of fused-ring (bicyclic) bond motifs is 13. The number of para-hydroxylation sites is 1. The van der Waals surface area contributed by atoms with Gasteiger partial charge in [0.15, 0.2) is 0 Å². The molecular formula is C53H41GeN. The third-order valence-corrected chi connectivity index (χ3v) is 23.1. The predicted octanol–water partition coefficient (Wildman–Crippen LogP) is 11.1. The van der Waals surface area contributed by atoms with Crippen LogP contribution in [-0.4, -0.2) is 13.3 Å². The third-order valence-electron chi connectivity index (χ3n) is 12.8. The zero-order valence-corrected chi connectivity index (χ0v) is 33.8. The van der Waals surface area contributed by atoms with Crippen LogP contribution >= 0.6 is 0 Å². The van der Waals surface area contributed by atoms with Crippen molar-refractivity contribution in [2.24, 2.45) is 0 Å². The Morgan fingerprint density at radius 2 is 0.873 bits per heavy atom. The molecule has 8 aromatic rings. The minimum atomic E-state index is -3.47. The molecule has 0 unspecified atom stereocenters. The summed E-state index contributed by atoms with van der Waals surface area (Å²) in [6, 6.07) is 67.2. The van der Waals surface area contributed by atoms with Crippen molar-refractivity contribution in [1.82, 2.24) is 0 Å². The van der Waals surface area contributed by atoms with Crippen molar-refractivity contribution in [1.29, 1.82) is 0 Å². The molecule has 55 heavy (non-hydrogen) atoms. The molecule has 2 aliphatic heterocycles. The second-order valence-electron chi connectivity index (χ2n) is 16.2. The van der Waals surface area contributed by atoms with E-state index in [4.69, 9.17) is 0 Å². The number of rotatable bonds is 4. The summed E-state index contributed by atoms with van der Waals surface area (Å²) < 4.78 is 6.22. The van der Waals surface area contributed by atoms with Gasteiger partial charge >= 0.3 is 329 Å². The average Bonchev–Trinajstić information content (AvgIpc) is 3.76. The van der Waals surface area contributed by atoms with Crippen LogP contribution in [0, 0.1) is 13.8 Å². The summed E-state index contributed by atoms with van der Waals surface area (Å²) in [5, 5.41) is 0. The second kappa shape index (κ2) is 11.8. The molecule has 1 spiro atoms. The Morgan fingerprint density at radius 1 is 0.382 bits per heavy atom.